The minimum Gasteiger partial charge on any atom is -0.410 e. The molecule has 1 aromatic carbocycles. The SMILES string of the molecule is Cc1cccc(C)c1OC(=O)N(C)CCC#N. The number of aryl methyl sites for hydroxylation is 2. The Morgan fingerprint density at radius 2 is 2.00 bits per heavy atom. The van der Waals surface area contributed by atoms with Gasteiger partial charge >= 0.3 is 6.09 Å². The van der Waals surface area contributed by atoms with Gasteiger partial charge in [0.1, 0.15) is 5.75 Å². The number of carbonyl (C=O) groups is 1. The van der Waals surface area contributed by atoms with Gasteiger partial charge in [-0.25, -0.2) is 4.79 Å². The number of rotatable bonds is 3. The van der Waals surface area contributed by atoms with E-state index in [1.165, 1.54) is 4.90 Å². The summed E-state index contributed by atoms with van der Waals surface area (Å²) in [6.07, 6.45) is -0.129. The van der Waals surface area contributed by atoms with Crippen molar-refractivity contribution >= 4 is 6.09 Å². The van der Waals surface area contributed by atoms with E-state index < -0.39 is 6.09 Å². The molecule has 1 aromatic rings. The lowest BCUT2D eigenvalue weighted by Crippen LogP contribution is -2.30. The second-order valence-electron chi connectivity index (χ2n) is 3.92. The first-order valence-corrected chi connectivity index (χ1v) is 5.42. The van der Waals surface area contributed by atoms with Crippen LogP contribution in [0.3, 0.4) is 0 Å². The number of amides is 1. The molecule has 0 aliphatic carbocycles. The van der Waals surface area contributed by atoms with Crippen LogP contribution in [0.4, 0.5) is 4.79 Å². The summed E-state index contributed by atoms with van der Waals surface area (Å²) in [5, 5.41) is 8.45. The maximum atomic E-state index is 11.7. The number of nitrogens with zero attached hydrogens (tertiary/aromatic N) is 2. The lowest BCUT2D eigenvalue weighted by molar-refractivity contribution is 0.163. The van der Waals surface area contributed by atoms with Gasteiger partial charge in [0.15, 0.2) is 0 Å². The molecule has 1 rings (SSSR count). The first-order valence-electron chi connectivity index (χ1n) is 5.42. The summed E-state index contributed by atoms with van der Waals surface area (Å²) < 4.78 is 5.31. The molecule has 90 valence electrons. The summed E-state index contributed by atoms with van der Waals surface area (Å²) in [5.41, 5.74) is 1.85. The van der Waals surface area contributed by atoms with Crippen molar-refractivity contribution in [3.05, 3.63) is 29.3 Å². The molecule has 0 bridgehead atoms. The van der Waals surface area contributed by atoms with Crippen LogP contribution in [0.2, 0.25) is 0 Å². The van der Waals surface area contributed by atoms with Gasteiger partial charge in [-0.1, -0.05) is 18.2 Å². The Balaban J connectivity index is 2.72. The van der Waals surface area contributed by atoms with Crippen LogP contribution in [0.1, 0.15) is 17.5 Å². The highest BCUT2D eigenvalue weighted by Crippen LogP contribution is 2.22. The van der Waals surface area contributed by atoms with Crippen molar-refractivity contribution in [1.82, 2.24) is 4.90 Å². The number of carbonyl (C=O) groups excluding carboxylic acids is 1. The van der Waals surface area contributed by atoms with E-state index in [9.17, 15) is 4.79 Å². The summed E-state index contributed by atoms with van der Waals surface area (Å²) in [5.74, 6) is 0.598. The lowest BCUT2D eigenvalue weighted by atomic mass is 10.1. The van der Waals surface area contributed by atoms with E-state index in [1.807, 2.05) is 38.1 Å². The lowest BCUT2D eigenvalue weighted by Gasteiger charge is -2.17. The fourth-order valence-corrected chi connectivity index (χ4v) is 1.43. The van der Waals surface area contributed by atoms with Crippen molar-refractivity contribution in [2.75, 3.05) is 13.6 Å². The topological polar surface area (TPSA) is 53.3 Å². The second-order valence-corrected chi connectivity index (χ2v) is 3.92. The fourth-order valence-electron chi connectivity index (χ4n) is 1.43. The highest BCUT2D eigenvalue weighted by atomic mass is 16.6. The van der Waals surface area contributed by atoms with Gasteiger partial charge in [-0.15, -0.1) is 0 Å². The molecule has 0 spiro atoms. The van der Waals surface area contributed by atoms with Crippen LogP contribution in [-0.4, -0.2) is 24.6 Å². The summed E-state index contributed by atoms with van der Waals surface area (Å²) in [7, 11) is 1.62. The zero-order chi connectivity index (χ0) is 12.8. The van der Waals surface area contributed by atoms with Gasteiger partial charge in [-0.05, 0) is 25.0 Å². The van der Waals surface area contributed by atoms with Gasteiger partial charge in [-0.2, -0.15) is 5.26 Å². The molecule has 0 aromatic heterocycles. The van der Waals surface area contributed by atoms with Gasteiger partial charge in [0.2, 0.25) is 0 Å². The molecule has 0 aliphatic rings. The fraction of sp³-hybridized carbons (Fsp3) is 0.385. The number of benzene rings is 1. The molecule has 0 heterocycles. The maximum absolute atomic E-state index is 11.7. The van der Waals surface area contributed by atoms with E-state index in [0.717, 1.165) is 11.1 Å². The summed E-state index contributed by atoms with van der Waals surface area (Å²) in [4.78, 5) is 13.1. The van der Waals surface area contributed by atoms with E-state index in [2.05, 4.69) is 0 Å². The van der Waals surface area contributed by atoms with Gasteiger partial charge in [-0.3, -0.25) is 0 Å². The maximum Gasteiger partial charge on any atom is 0.415 e. The first kappa shape index (κ1) is 13.0. The number of nitriles is 1. The molecule has 0 aliphatic heterocycles. The van der Waals surface area contributed by atoms with Crippen LogP contribution >= 0.6 is 0 Å². The van der Waals surface area contributed by atoms with Crippen LogP contribution < -0.4 is 4.74 Å². The largest absolute Gasteiger partial charge is 0.415 e. The molecule has 0 fully saturated rings. The minimum absolute atomic E-state index is 0.304. The molecular formula is C13H16N2O2. The summed E-state index contributed by atoms with van der Waals surface area (Å²) in [6.45, 7) is 4.16. The molecule has 0 saturated carbocycles. The summed E-state index contributed by atoms with van der Waals surface area (Å²) in [6, 6.07) is 7.70. The smallest absolute Gasteiger partial charge is 0.410 e. The summed E-state index contributed by atoms with van der Waals surface area (Å²) >= 11 is 0. The van der Waals surface area contributed by atoms with Crippen LogP contribution in [-0.2, 0) is 0 Å². The normalized spacial score (nSPS) is 9.53. The van der Waals surface area contributed by atoms with Gasteiger partial charge in [0.05, 0.1) is 12.5 Å². The van der Waals surface area contributed by atoms with Crippen molar-refractivity contribution in [2.45, 2.75) is 20.3 Å². The third-order valence-electron chi connectivity index (χ3n) is 2.47. The van der Waals surface area contributed by atoms with Crippen molar-refractivity contribution < 1.29 is 9.53 Å². The predicted molar refractivity (Wildman–Crippen MR) is 64.8 cm³/mol. The quantitative estimate of drug-likeness (QED) is 0.805. The molecule has 0 saturated heterocycles. The van der Waals surface area contributed by atoms with Crippen LogP contribution in [0, 0.1) is 25.2 Å². The Kier molecular flexibility index (Phi) is 4.53. The van der Waals surface area contributed by atoms with Crippen molar-refractivity contribution in [3.63, 3.8) is 0 Å². The Hall–Kier alpha value is -2.02. The predicted octanol–water partition coefficient (Wildman–Crippen LogP) is 2.65. The van der Waals surface area contributed by atoms with E-state index in [4.69, 9.17) is 10.00 Å². The Morgan fingerprint density at radius 3 is 2.53 bits per heavy atom. The van der Waals surface area contributed by atoms with Gasteiger partial charge < -0.3 is 9.64 Å². The van der Waals surface area contributed by atoms with Gasteiger partial charge in [0.25, 0.3) is 0 Å². The van der Waals surface area contributed by atoms with Crippen LogP contribution in [0.25, 0.3) is 0 Å². The van der Waals surface area contributed by atoms with E-state index in [0.29, 0.717) is 18.7 Å². The Morgan fingerprint density at radius 1 is 1.41 bits per heavy atom. The standard InChI is InChI=1S/C13H16N2O2/c1-10-6-4-7-11(2)12(10)17-13(16)15(3)9-5-8-14/h4,6-7H,5,9H2,1-3H3. The molecule has 4 nitrogen and oxygen atoms in total. The molecule has 17 heavy (non-hydrogen) atoms. The first-order chi connectivity index (χ1) is 8.06. The number of para-hydroxylation sites is 1. The molecular weight excluding hydrogens is 216 g/mol. The highest BCUT2D eigenvalue weighted by molar-refractivity contribution is 5.71. The van der Waals surface area contributed by atoms with E-state index >= 15 is 0 Å². The Bertz CT molecular complexity index is 429. The number of ether oxygens (including phenoxy) is 1. The van der Waals surface area contributed by atoms with Crippen molar-refractivity contribution in [3.8, 4) is 11.8 Å². The number of hydrogen-bond acceptors (Lipinski definition) is 3. The Labute approximate surface area is 101 Å². The average Bonchev–Trinajstić information content (AvgIpc) is 2.30. The van der Waals surface area contributed by atoms with Crippen LogP contribution in [0.5, 0.6) is 5.75 Å². The van der Waals surface area contributed by atoms with Crippen LogP contribution in [0.15, 0.2) is 18.2 Å². The van der Waals surface area contributed by atoms with E-state index in [-0.39, 0.29) is 0 Å². The molecule has 0 radical (unpaired) electrons. The van der Waals surface area contributed by atoms with E-state index in [1.54, 1.807) is 7.05 Å². The molecule has 4 heteroatoms. The zero-order valence-corrected chi connectivity index (χ0v) is 10.4. The third kappa shape index (κ3) is 3.49. The van der Waals surface area contributed by atoms with Gasteiger partial charge in [0, 0.05) is 13.6 Å². The molecule has 0 atom stereocenters. The average molecular weight is 232 g/mol. The van der Waals surface area contributed by atoms with Crippen molar-refractivity contribution in [2.24, 2.45) is 0 Å². The highest BCUT2D eigenvalue weighted by Gasteiger charge is 2.13. The molecule has 0 unspecified atom stereocenters. The zero-order valence-electron chi connectivity index (χ0n) is 10.4. The minimum atomic E-state index is -0.433. The monoisotopic (exact) mass is 232 g/mol. The third-order valence-corrected chi connectivity index (χ3v) is 2.47. The second kappa shape index (κ2) is 5.90. The molecule has 0 N–H and O–H groups in total. The van der Waals surface area contributed by atoms with Crippen molar-refractivity contribution in [1.29, 1.82) is 5.26 Å². The molecule has 1 amide bonds. The number of hydrogen-bond donors (Lipinski definition) is 0.